The fourth-order valence-electron chi connectivity index (χ4n) is 1.59. The van der Waals surface area contributed by atoms with Gasteiger partial charge in [0, 0.05) is 11.8 Å². The summed E-state index contributed by atoms with van der Waals surface area (Å²) >= 11 is 0. The van der Waals surface area contributed by atoms with Gasteiger partial charge in [-0.25, -0.2) is 4.79 Å². The van der Waals surface area contributed by atoms with Crippen LogP contribution in [-0.4, -0.2) is 15.1 Å². The Kier molecular flexibility index (Phi) is 4.45. The van der Waals surface area contributed by atoms with Gasteiger partial charge in [-0.05, 0) is 24.1 Å². The van der Waals surface area contributed by atoms with Gasteiger partial charge in [-0.1, -0.05) is 19.1 Å². The molecule has 1 aromatic carbocycles. The summed E-state index contributed by atoms with van der Waals surface area (Å²) in [4.78, 5) is 17.6. The van der Waals surface area contributed by atoms with Crippen LogP contribution in [0.1, 0.15) is 12.6 Å². The standard InChI is InChI=1S/C12H12N2O2.BrH/c1-2-11-10(7-13-12(16)14-11)8-3-5-9(15)6-4-8;/h3-7,15H,2H2,1H3,(H,13,14,16);1H. The maximum Gasteiger partial charge on any atom is 0.345 e. The van der Waals surface area contributed by atoms with Crippen molar-refractivity contribution in [2.45, 2.75) is 13.3 Å². The second-order valence-corrected chi connectivity index (χ2v) is 3.47. The molecule has 0 saturated carbocycles. The van der Waals surface area contributed by atoms with E-state index in [9.17, 15) is 9.90 Å². The SMILES string of the molecule is Br.CCc1nc(=O)[nH]cc1-c1ccc(O)cc1. The monoisotopic (exact) mass is 296 g/mol. The van der Waals surface area contributed by atoms with Crippen LogP contribution in [0, 0.1) is 0 Å². The number of benzene rings is 1. The molecule has 0 amide bonds. The Bertz CT molecular complexity index is 549. The Hall–Kier alpha value is -1.62. The predicted molar refractivity (Wildman–Crippen MR) is 71.7 cm³/mol. The van der Waals surface area contributed by atoms with Crippen molar-refractivity contribution in [3.63, 3.8) is 0 Å². The Morgan fingerprint density at radius 3 is 2.53 bits per heavy atom. The van der Waals surface area contributed by atoms with Gasteiger partial charge in [-0.3, -0.25) is 0 Å². The molecule has 0 aliphatic carbocycles. The fourth-order valence-corrected chi connectivity index (χ4v) is 1.59. The summed E-state index contributed by atoms with van der Waals surface area (Å²) in [5.74, 6) is 0.221. The molecule has 5 heteroatoms. The Morgan fingerprint density at radius 1 is 1.29 bits per heavy atom. The first kappa shape index (κ1) is 13.4. The van der Waals surface area contributed by atoms with Gasteiger partial charge < -0.3 is 10.1 Å². The molecule has 0 bridgehead atoms. The van der Waals surface area contributed by atoms with E-state index in [4.69, 9.17) is 0 Å². The molecule has 2 rings (SSSR count). The zero-order valence-electron chi connectivity index (χ0n) is 9.30. The topological polar surface area (TPSA) is 66.0 Å². The molecule has 90 valence electrons. The number of halogens is 1. The van der Waals surface area contributed by atoms with E-state index in [1.54, 1.807) is 30.5 Å². The maximum atomic E-state index is 11.1. The van der Waals surface area contributed by atoms with E-state index in [1.807, 2.05) is 6.92 Å². The molecule has 0 fully saturated rings. The van der Waals surface area contributed by atoms with Crippen molar-refractivity contribution < 1.29 is 5.11 Å². The van der Waals surface area contributed by atoms with Crippen LogP contribution in [0.3, 0.4) is 0 Å². The van der Waals surface area contributed by atoms with E-state index in [1.165, 1.54) is 0 Å². The molecular formula is C12H13BrN2O2. The van der Waals surface area contributed by atoms with Crippen molar-refractivity contribution >= 4 is 17.0 Å². The second kappa shape index (κ2) is 5.63. The molecule has 4 nitrogen and oxygen atoms in total. The highest BCUT2D eigenvalue weighted by molar-refractivity contribution is 8.93. The predicted octanol–water partition coefficient (Wildman–Crippen LogP) is 2.28. The molecular weight excluding hydrogens is 284 g/mol. The van der Waals surface area contributed by atoms with E-state index < -0.39 is 0 Å². The van der Waals surface area contributed by atoms with Gasteiger partial charge in [0.15, 0.2) is 0 Å². The minimum Gasteiger partial charge on any atom is -0.508 e. The highest BCUT2D eigenvalue weighted by Gasteiger charge is 2.05. The summed E-state index contributed by atoms with van der Waals surface area (Å²) in [5.41, 5.74) is 2.24. The van der Waals surface area contributed by atoms with Crippen molar-refractivity contribution in [3.05, 3.63) is 46.6 Å². The lowest BCUT2D eigenvalue weighted by atomic mass is 10.0. The molecule has 0 unspecified atom stereocenters. The Balaban J connectivity index is 0.00000144. The average molecular weight is 297 g/mol. The molecule has 1 heterocycles. The number of phenolic OH excluding ortho intramolecular Hbond substituents is 1. The lowest BCUT2D eigenvalue weighted by Gasteiger charge is -2.05. The highest BCUT2D eigenvalue weighted by atomic mass is 79.9. The van der Waals surface area contributed by atoms with Crippen molar-refractivity contribution in [3.8, 4) is 16.9 Å². The van der Waals surface area contributed by atoms with Gasteiger partial charge in [0.1, 0.15) is 5.75 Å². The Morgan fingerprint density at radius 2 is 1.94 bits per heavy atom. The van der Waals surface area contributed by atoms with E-state index >= 15 is 0 Å². The third-order valence-electron chi connectivity index (χ3n) is 2.40. The summed E-state index contributed by atoms with van der Waals surface area (Å²) in [6.07, 6.45) is 2.35. The van der Waals surface area contributed by atoms with Crippen molar-refractivity contribution in [2.75, 3.05) is 0 Å². The number of nitrogens with zero attached hydrogens (tertiary/aromatic N) is 1. The number of rotatable bonds is 2. The summed E-state index contributed by atoms with van der Waals surface area (Å²) < 4.78 is 0. The first-order valence-electron chi connectivity index (χ1n) is 5.08. The van der Waals surface area contributed by atoms with E-state index in [0.29, 0.717) is 6.42 Å². The summed E-state index contributed by atoms with van der Waals surface area (Å²) in [6, 6.07) is 6.81. The normalized spacial score (nSPS) is 9.71. The van der Waals surface area contributed by atoms with Crippen LogP contribution in [0.25, 0.3) is 11.1 Å². The number of aryl methyl sites for hydroxylation is 1. The van der Waals surface area contributed by atoms with Gasteiger partial charge >= 0.3 is 5.69 Å². The molecule has 1 aromatic heterocycles. The smallest absolute Gasteiger partial charge is 0.345 e. The molecule has 0 aliphatic heterocycles. The highest BCUT2D eigenvalue weighted by Crippen LogP contribution is 2.23. The van der Waals surface area contributed by atoms with Crippen molar-refractivity contribution in [2.24, 2.45) is 0 Å². The first-order valence-corrected chi connectivity index (χ1v) is 5.08. The van der Waals surface area contributed by atoms with E-state index in [-0.39, 0.29) is 28.4 Å². The lowest BCUT2D eigenvalue weighted by molar-refractivity contribution is 0.475. The summed E-state index contributed by atoms with van der Waals surface area (Å²) in [5, 5.41) is 9.20. The minimum atomic E-state index is -0.334. The lowest BCUT2D eigenvalue weighted by Crippen LogP contribution is -2.12. The minimum absolute atomic E-state index is 0. The number of nitrogens with one attached hydrogen (secondary N) is 1. The third kappa shape index (κ3) is 2.94. The molecule has 0 saturated heterocycles. The largest absolute Gasteiger partial charge is 0.508 e. The number of phenols is 1. The fraction of sp³-hybridized carbons (Fsp3) is 0.167. The molecule has 2 N–H and O–H groups in total. The van der Waals surface area contributed by atoms with Gasteiger partial charge in [-0.15, -0.1) is 17.0 Å². The molecule has 0 spiro atoms. The molecule has 0 radical (unpaired) electrons. The van der Waals surface area contributed by atoms with Crippen LogP contribution in [0.15, 0.2) is 35.3 Å². The van der Waals surface area contributed by atoms with Crippen LogP contribution in [0.4, 0.5) is 0 Å². The number of aromatic nitrogens is 2. The van der Waals surface area contributed by atoms with Crippen molar-refractivity contribution in [1.82, 2.24) is 9.97 Å². The van der Waals surface area contributed by atoms with Gasteiger partial charge in [0.2, 0.25) is 0 Å². The first-order chi connectivity index (χ1) is 7.70. The van der Waals surface area contributed by atoms with Gasteiger partial charge in [0.05, 0.1) is 5.69 Å². The molecule has 17 heavy (non-hydrogen) atoms. The van der Waals surface area contributed by atoms with Gasteiger partial charge in [0.25, 0.3) is 0 Å². The van der Waals surface area contributed by atoms with Gasteiger partial charge in [-0.2, -0.15) is 4.98 Å². The maximum absolute atomic E-state index is 11.1. The average Bonchev–Trinajstić information content (AvgIpc) is 2.30. The van der Waals surface area contributed by atoms with Crippen LogP contribution in [-0.2, 0) is 6.42 Å². The molecule has 2 aromatic rings. The van der Waals surface area contributed by atoms with E-state index in [0.717, 1.165) is 16.8 Å². The van der Waals surface area contributed by atoms with Crippen LogP contribution >= 0.6 is 17.0 Å². The van der Waals surface area contributed by atoms with Crippen LogP contribution in [0.5, 0.6) is 5.75 Å². The number of aromatic amines is 1. The summed E-state index contributed by atoms with van der Waals surface area (Å²) in [7, 11) is 0. The number of aromatic hydroxyl groups is 1. The zero-order chi connectivity index (χ0) is 11.5. The zero-order valence-corrected chi connectivity index (χ0v) is 11.0. The third-order valence-corrected chi connectivity index (χ3v) is 2.40. The quantitative estimate of drug-likeness (QED) is 0.893. The Labute approximate surface area is 109 Å². The number of hydrogen-bond acceptors (Lipinski definition) is 3. The van der Waals surface area contributed by atoms with E-state index in [2.05, 4.69) is 9.97 Å². The van der Waals surface area contributed by atoms with Crippen molar-refractivity contribution in [1.29, 1.82) is 0 Å². The number of H-pyrrole nitrogens is 1. The molecule has 0 aliphatic rings. The second-order valence-electron chi connectivity index (χ2n) is 3.47. The summed E-state index contributed by atoms with van der Waals surface area (Å²) in [6.45, 7) is 1.95. The van der Waals surface area contributed by atoms with Crippen LogP contribution < -0.4 is 5.69 Å². The van der Waals surface area contributed by atoms with Crippen LogP contribution in [0.2, 0.25) is 0 Å². The molecule has 0 atom stereocenters. The number of hydrogen-bond donors (Lipinski definition) is 2.